The lowest BCUT2D eigenvalue weighted by molar-refractivity contribution is -0.141. The van der Waals surface area contributed by atoms with E-state index in [1.165, 1.54) is 6.92 Å². The molecule has 0 saturated heterocycles. The molecule has 2 rings (SSSR count). The Morgan fingerprint density at radius 3 is 2.85 bits per heavy atom. The molecule has 0 aromatic heterocycles. The van der Waals surface area contributed by atoms with Crippen LogP contribution in [0.1, 0.15) is 17.3 Å². The van der Waals surface area contributed by atoms with E-state index in [1.807, 2.05) is 0 Å². The molecule has 1 amide bonds. The Morgan fingerprint density at radius 1 is 1.45 bits per heavy atom. The highest BCUT2D eigenvalue weighted by Gasteiger charge is 2.27. The quantitative estimate of drug-likeness (QED) is 0.621. The first-order valence-corrected chi connectivity index (χ1v) is 6.22. The third kappa shape index (κ3) is 2.83. The summed E-state index contributed by atoms with van der Waals surface area (Å²) in [4.78, 5) is 23.1. The van der Waals surface area contributed by atoms with Gasteiger partial charge >= 0.3 is 5.97 Å². The summed E-state index contributed by atoms with van der Waals surface area (Å²) in [6.45, 7) is 2.37. The van der Waals surface area contributed by atoms with E-state index in [2.05, 4.69) is 10.6 Å². The van der Waals surface area contributed by atoms with Crippen LogP contribution in [0.25, 0.3) is 0 Å². The minimum atomic E-state index is -1.37. The van der Waals surface area contributed by atoms with Gasteiger partial charge < -0.3 is 25.6 Å². The van der Waals surface area contributed by atoms with Gasteiger partial charge in [-0.2, -0.15) is 0 Å². The van der Waals surface area contributed by atoms with Gasteiger partial charge in [-0.25, -0.2) is 4.79 Å². The summed E-state index contributed by atoms with van der Waals surface area (Å²) in [5, 5.41) is 23.7. The van der Waals surface area contributed by atoms with E-state index in [0.717, 1.165) is 0 Å². The molecule has 108 valence electrons. The topological polar surface area (TPSA) is 108 Å². The Hall–Kier alpha value is -2.28. The van der Waals surface area contributed by atoms with Crippen molar-refractivity contribution in [2.75, 3.05) is 18.5 Å². The monoisotopic (exact) mass is 280 g/mol. The molecule has 7 heteroatoms. The lowest BCUT2D eigenvalue weighted by Crippen LogP contribution is -2.47. The molecular formula is C13H16N2O5. The Morgan fingerprint density at radius 2 is 2.20 bits per heavy atom. The Balaban J connectivity index is 2.23. The van der Waals surface area contributed by atoms with Crippen molar-refractivity contribution in [1.82, 2.24) is 5.32 Å². The van der Waals surface area contributed by atoms with E-state index in [0.29, 0.717) is 24.6 Å². The number of aliphatic carboxylic acids is 1. The maximum atomic E-state index is 12.1. The van der Waals surface area contributed by atoms with Crippen molar-refractivity contribution in [2.24, 2.45) is 0 Å². The molecule has 1 aliphatic rings. The van der Waals surface area contributed by atoms with Gasteiger partial charge in [-0.3, -0.25) is 4.79 Å². The van der Waals surface area contributed by atoms with Crippen LogP contribution in [0.5, 0.6) is 5.75 Å². The van der Waals surface area contributed by atoms with Gasteiger partial charge in [0.25, 0.3) is 5.91 Å². The average molecular weight is 280 g/mol. The summed E-state index contributed by atoms with van der Waals surface area (Å²) >= 11 is 0. The lowest BCUT2D eigenvalue weighted by Gasteiger charge is -2.22. The van der Waals surface area contributed by atoms with E-state index >= 15 is 0 Å². The van der Waals surface area contributed by atoms with Crippen LogP contribution in [0.3, 0.4) is 0 Å². The van der Waals surface area contributed by atoms with Gasteiger partial charge in [-0.05, 0) is 19.1 Å². The summed E-state index contributed by atoms with van der Waals surface area (Å²) in [5.74, 6) is -1.50. The lowest BCUT2D eigenvalue weighted by atomic mass is 10.1. The van der Waals surface area contributed by atoms with E-state index in [1.54, 1.807) is 18.2 Å². The molecule has 0 spiro atoms. The molecule has 7 nitrogen and oxygen atoms in total. The number of hydrogen-bond acceptors (Lipinski definition) is 5. The number of carboxylic acid groups (broad SMARTS) is 1. The first kappa shape index (κ1) is 14.1. The molecule has 0 radical (unpaired) electrons. The number of carboxylic acids is 1. The second-order valence-corrected chi connectivity index (χ2v) is 4.49. The van der Waals surface area contributed by atoms with Gasteiger partial charge in [0.05, 0.1) is 17.4 Å². The Labute approximate surface area is 115 Å². The summed E-state index contributed by atoms with van der Waals surface area (Å²) in [6, 6.07) is 3.62. The van der Waals surface area contributed by atoms with Crippen LogP contribution in [0.2, 0.25) is 0 Å². The van der Waals surface area contributed by atoms with E-state index in [4.69, 9.17) is 9.84 Å². The molecule has 0 bridgehead atoms. The van der Waals surface area contributed by atoms with E-state index in [9.17, 15) is 14.7 Å². The van der Waals surface area contributed by atoms with Crippen molar-refractivity contribution in [2.45, 2.75) is 19.1 Å². The molecule has 0 fully saturated rings. The smallest absolute Gasteiger partial charge is 0.328 e. The predicted molar refractivity (Wildman–Crippen MR) is 71.0 cm³/mol. The number of rotatable bonds is 4. The van der Waals surface area contributed by atoms with Crippen molar-refractivity contribution < 1.29 is 24.5 Å². The van der Waals surface area contributed by atoms with Gasteiger partial charge in [0.15, 0.2) is 11.8 Å². The summed E-state index contributed by atoms with van der Waals surface area (Å²) < 4.78 is 5.44. The summed E-state index contributed by atoms with van der Waals surface area (Å²) in [5.41, 5.74) is 0.925. The zero-order valence-electron chi connectivity index (χ0n) is 10.9. The third-order valence-electron chi connectivity index (χ3n) is 2.96. The van der Waals surface area contributed by atoms with E-state index < -0.39 is 24.0 Å². The third-order valence-corrected chi connectivity index (χ3v) is 2.96. The number of aliphatic hydroxyl groups excluding tert-OH is 1. The molecule has 0 unspecified atom stereocenters. The van der Waals surface area contributed by atoms with Gasteiger partial charge in [0.1, 0.15) is 6.61 Å². The van der Waals surface area contributed by atoms with Crippen LogP contribution < -0.4 is 15.4 Å². The highest BCUT2D eigenvalue weighted by Crippen LogP contribution is 2.31. The molecule has 1 heterocycles. The van der Waals surface area contributed by atoms with Crippen molar-refractivity contribution in [3.8, 4) is 5.75 Å². The van der Waals surface area contributed by atoms with Gasteiger partial charge in [0.2, 0.25) is 0 Å². The number of fused-ring (bicyclic) bond motifs is 1. The van der Waals surface area contributed by atoms with Crippen LogP contribution in [0.4, 0.5) is 5.69 Å². The maximum Gasteiger partial charge on any atom is 0.328 e. The minimum Gasteiger partial charge on any atom is -0.489 e. The fraction of sp³-hybridized carbons (Fsp3) is 0.385. The molecule has 2 atom stereocenters. The van der Waals surface area contributed by atoms with Crippen LogP contribution in [-0.4, -0.2) is 47.4 Å². The standard InChI is InChI=1S/C13H16N2O5/c1-7(16)10(13(18)19)15-12(17)8-3-2-4-9-11(8)20-6-5-14-9/h2-4,7,10,14,16H,5-6H2,1H3,(H,15,17)(H,18,19)/t7-,10+/m1/s1. The van der Waals surface area contributed by atoms with Crippen LogP contribution in [0, 0.1) is 0 Å². The summed E-state index contributed by atoms with van der Waals surface area (Å²) in [6.07, 6.45) is -1.20. The van der Waals surface area contributed by atoms with Crippen LogP contribution >= 0.6 is 0 Å². The maximum absolute atomic E-state index is 12.1. The fourth-order valence-electron chi connectivity index (χ4n) is 1.96. The molecule has 0 aliphatic carbocycles. The number of benzene rings is 1. The normalized spacial score (nSPS) is 16.1. The zero-order chi connectivity index (χ0) is 14.7. The van der Waals surface area contributed by atoms with Gasteiger partial charge in [-0.15, -0.1) is 0 Å². The SMILES string of the molecule is C[C@@H](O)[C@H](NC(=O)c1cccc2c1OCCN2)C(=O)O. The second-order valence-electron chi connectivity index (χ2n) is 4.49. The van der Waals surface area contributed by atoms with Crippen LogP contribution in [0.15, 0.2) is 18.2 Å². The number of ether oxygens (including phenoxy) is 1. The number of amides is 1. The fourth-order valence-corrected chi connectivity index (χ4v) is 1.96. The highest BCUT2D eigenvalue weighted by atomic mass is 16.5. The highest BCUT2D eigenvalue weighted by molar-refractivity contribution is 6.00. The molecule has 1 aromatic carbocycles. The van der Waals surface area contributed by atoms with Crippen LogP contribution in [-0.2, 0) is 4.79 Å². The Bertz CT molecular complexity index is 529. The largest absolute Gasteiger partial charge is 0.489 e. The van der Waals surface area contributed by atoms with Crippen molar-refractivity contribution in [3.63, 3.8) is 0 Å². The number of nitrogens with one attached hydrogen (secondary N) is 2. The number of para-hydroxylation sites is 1. The number of aliphatic hydroxyl groups is 1. The molecule has 4 N–H and O–H groups in total. The molecule has 20 heavy (non-hydrogen) atoms. The average Bonchev–Trinajstić information content (AvgIpc) is 2.43. The number of hydrogen-bond donors (Lipinski definition) is 4. The first-order valence-electron chi connectivity index (χ1n) is 6.22. The predicted octanol–water partition coefficient (Wildman–Crippen LogP) is 0.0547. The molecule has 1 aliphatic heterocycles. The van der Waals surface area contributed by atoms with Gasteiger partial charge in [-0.1, -0.05) is 6.07 Å². The van der Waals surface area contributed by atoms with Gasteiger partial charge in [0, 0.05) is 6.54 Å². The number of carbonyl (C=O) groups excluding carboxylic acids is 1. The minimum absolute atomic E-state index is 0.238. The molecular weight excluding hydrogens is 264 g/mol. The Kier molecular flexibility index (Phi) is 4.09. The van der Waals surface area contributed by atoms with Crippen molar-refractivity contribution in [3.05, 3.63) is 23.8 Å². The van der Waals surface area contributed by atoms with E-state index in [-0.39, 0.29) is 5.56 Å². The van der Waals surface area contributed by atoms with Crippen molar-refractivity contribution in [1.29, 1.82) is 0 Å². The summed E-state index contributed by atoms with van der Waals surface area (Å²) in [7, 11) is 0. The first-order chi connectivity index (χ1) is 9.50. The number of carbonyl (C=O) groups is 2. The molecule has 1 aromatic rings. The second kappa shape index (κ2) is 5.79. The van der Waals surface area contributed by atoms with Crippen molar-refractivity contribution >= 4 is 17.6 Å². The zero-order valence-corrected chi connectivity index (χ0v) is 10.9. The molecule has 0 saturated carbocycles. The number of anilines is 1.